The zero-order chi connectivity index (χ0) is 17.7. The summed E-state index contributed by atoms with van der Waals surface area (Å²) in [6.45, 7) is 6.80. The van der Waals surface area contributed by atoms with Gasteiger partial charge in [-0.15, -0.1) is 24.0 Å². The molecule has 1 rings (SSSR count). The highest BCUT2D eigenvalue weighted by molar-refractivity contribution is 14.0. The van der Waals surface area contributed by atoms with Crippen molar-refractivity contribution >= 4 is 40.0 Å². The Kier molecular flexibility index (Phi) is 13.8. The van der Waals surface area contributed by atoms with Gasteiger partial charge < -0.3 is 19.8 Å². The molecule has 0 saturated carbocycles. The van der Waals surface area contributed by atoms with Gasteiger partial charge in [0.2, 0.25) is 10.0 Å². The van der Waals surface area contributed by atoms with Crippen LogP contribution in [0.15, 0.2) is 27.8 Å². The van der Waals surface area contributed by atoms with E-state index in [0.717, 1.165) is 18.7 Å². The predicted octanol–water partition coefficient (Wildman–Crippen LogP) is 1.30. The molecule has 0 atom stereocenters. The minimum absolute atomic E-state index is 0. The first kappa shape index (κ1) is 24.1. The predicted molar refractivity (Wildman–Crippen MR) is 110 cm³/mol. The van der Waals surface area contributed by atoms with Gasteiger partial charge in [-0.05, 0) is 32.4 Å². The van der Waals surface area contributed by atoms with Crippen LogP contribution < -0.4 is 15.4 Å². The molecule has 0 unspecified atom stereocenters. The summed E-state index contributed by atoms with van der Waals surface area (Å²) >= 11 is 0. The quantitative estimate of drug-likeness (QED) is 0.177. The lowest BCUT2D eigenvalue weighted by atomic mass is 10.4. The van der Waals surface area contributed by atoms with E-state index in [1.807, 2.05) is 19.1 Å². The number of halogens is 1. The molecule has 0 fully saturated rings. The van der Waals surface area contributed by atoms with Crippen molar-refractivity contribution in [1.29, 1.82) is 0 Å². The number of hydrogen-bond donors (Lipinski definition) is 3. The Morgan fingerprint density at radius 1 is 1.28 bits per heavy atom. The van der Waals surface area contributed by atoms with Gasteiger partial charge in [0.15, 0.2) is 5.96 Å². The monoisotopic (exact) mass is 488 g/mol. The molecular formula is C15H29IN4O4S. The Labute approximate surface area is 167 Å². The number of sulfonamides is 1. The number of furan rings is 1. The first-order valence-electron chi connectivity index (χ1n) is 8.17. The SMILES string of the molecule is CCNC(=NCCCOCc1ccco1)NCCNS(=O)(=O)CC.I. The molecule has 0 radical (unpaired) electrons. The molecule has 0 amide bonds. The van der Waals surface area contributed by atoms with Crippen molar-refractivity contribution < 1.29 is 17.6 Å². The van der Waals surface area contributed by atoms with Crippen molar-refractivity contribution in [3.63, 3.8) is 0 Å². The molecule has 0 aliphatic carbocycles. The fourth-order valence-corrected chi connectivity index (χ4v) is 2.37. The summed E-state index contributed by atoms with van der Waals surface area (Å²) < 4.78 is 35.8. The summed E-state index contributed by atoms with van der Waals surface area (Å²) in [5.41, 5.74) is 0. The Hall–Kier alpha value is -0.850. The molecule has 0 bridgehead atoms. The van der Waals surface area contributed by atoms with Gasteiger partial charge in [0.1, 0.15) is 12.4 Å². The van der Waals surface area contributed by atoms with Crippen LogP contribution in [-0.4, -0.2) is 52.9 Å². The second-order valence-electron chi connectivity index (χ2n) is 4.97. The number of ether oxygens (including phenoxy) is 1. The molecule has 8 nitrogen and oxygen atoms in total. The first-order chi connectivity index (χ1) is 11.6. The maximum atomic E-state index is 11.3. The number of aliphatic imine (C=N–C) groups is 1. The summed E-state index contributed by atoms with van der Waals surface area (Å²) in [7, 11) is -3.15. The Morgan fingerprint density at radius 2 is 2.08 bits per heavy atom. The Morgan fingerprint density at radius 3 is 2.72 bits per heavy atom. The van der Waals surface area contributed by atoms with Crippen molar-refractivity contribution in [2.24, 2.45) is 4.99 Å². The van der Waals surface area contributed by atoms with Crippen molar-refractivity contribution in [3.05, 3.63) is 24.2 Å². The third-order valence-corrected chi connectivity index (χ3v) is 4.41. The van der Waals surface area contributed by atoms with Crippen LogP contribution in [0.4, 0.5) is 0 Å². The van der Waals surface area contributed by atoms with E-state index >= 15 is 0 Å². The Balaban J connectivity index is 0.00000576. The molecule has 1 heterocycles. The normalized spacial score (nSPS) is 11.8. The smallest absolute Gasteiger partial charge is 0.211 e. The van der Waals surface area contributed by atoms with Crippen LogP contribution in [0.2, 0.25) is 0 Å². The van der Waals surface area contributed by atoms with Crippen LogP contribution in [0.1, 0.15) is 26.0 Å². The highest BCUT2D eigenvalue weighted by Gasteiger charge is 2.04. The molecule has 0 aliphatic heterocycles. The van der Waals surface area contributed by atoms with Crippen LogP contribution in [0.3, 0.4) is 0 Å². The van der Waals surface area contributed by atoms with Crippen molar-refractivity contribution in [2.75, 3.05) is 38.5 Å². The summed E-state index contributed by atoms with van der Waals surface area (Å²) in [5, 5.41) is 6.20. The highest BCUT2D eigenvalue weighted by Crippen LogP contribution is 2.01. The minimum Gasteiger partial charge on any atom is -0.467 e. The number of rotatable bonds is 12. The number of nitrogens with one attached hydrogen (secondary N) is 3. The van der Waals surface area contributed by atoms with Gasteiger partial charge in [0, 0.05) is 32.8 Å². The number of nitrogens with zero attached hydrogens (tertiary/aromatic N) is 1. The fraction of sp³-hybridized carbons (Fsp3) is 0.667. The molecule has 0 spiro atoms. The number of hydrogen-bond acceptors (Lipinski definition) is 5. The summed E-state index contributed by atoms with van der Waals surface area (Å²) in [6.07, 6.45) is 2.41. The topological polar surface area (TPSA) is 105 Å². The van der Waals surface area contributed by atoms with E-state index in [1.54, 1.807) is 13.2 Å². The molecular weight excluding hydrogens is 459 g/mol. The maximum Gasteiger partial charge on any atom is 0.211 e. The lowest BCUT2D eigenvalue weighted by molar-refractivity contribution is 0.105. The van der Waals surface area contributed by atoms with Crippen molar-refractivity contribution in [2.45, 2.75) is 26.9 Å². The van der Waals surface area contributed by atoms with Crippen LogP contribution in [-0.2, 0) is 21.4 Å². The van der Waals surface area contributed by atoms with E-state index in [2.05, 4.69) is 20.3 Å². The van der Waals surface area contributed by atoms with Crippen molar-refractivity contribution in [1.82, 2.24) is 15.4 Å². The molecule has 25 heavy (non-hydrogen) atoms. The van der Waals surface area contributed by atoms with Crippen LogP contribution in [0.25, 0.3) is 0 Å². The van der Waals surface area contributed by atoms with Crippen LogP contribution in [0, 0.1) is 0 Å². The molecule has 0 saturated heterocycles. The average Bonchev–Trinajstić information content (AvgIpc) is 3.08. The average molecular weight is 488 g/mol. The van der Waals surface area contributed by atoms with Gasteiger partial charge in [-0.3, -0.25) is 4.99 Å². The molecule has 0 aliphatic rings. The third kappa shape index (κ3) is 12.2. The zero-order valence-corrected chi connectivity index (χ0v) is 17.9. The van der Waals surface area contributed by atoms with E-state index in [4.69, 9.17) is 9.15 Å². The standard InChI is InChI=1S/C15H28N4O4S.HI/c1-3-16-15(18-9-10-19-24(20,21)4-2)17-8-6-11-22-13-14-7-5-12-23-14;/h5,7,12,19H,3-4,6,8-11,13H2,1-2H3,(H2,16,17,18);1H. The molecule has 10 heteroatoms. The van der Waals surface area contributed by atoms with E-state index < -0.39 is 10.0 Å². The number of guanidine groups is 1. The highest BCUT2D eigenvalue weighted by atomic mass is 127. The minimum atomic E-state index is -3.15. The molecule has 3 N–H and O–H groups in total. The van der Waals surface area contributed by atoms with Crippen LogP contribution in [0.5, 0.6) is 0 Å². The zero-order valence-electron chi connectivity index (χ0n) is 14.8. The lowest BCUT2D eigenvalue weighted by Crippen LogP contribution is -2.41. The maximum absolute atomic E-state index is 11.3. The van der Waals surface area contributed by atoms with Gasteiger partial charge in [-0.1, -0.05) is 0 Å². The van der Waals surface area contributed by atoms with E-state index in [0.29, 0.717) is 38.8 Å². The molecule has 0 aromatic carbocycles. The van der Waals surface area contributed by atoms with E-state index in [1.165, 1.54) is 0 Å². The van der Waals surface area contributed by atoms with E-state index in [-0.39, 0.29) is 29.7 Å². The van der Waals surface area contributed by atoms with Gasteiger partial charge in [-0.25, -0.2) is 13.1 Å². The summed E-state index contributed by atoms with van der Waals surface area (Å²) in [5.74, 6) is 1.56. The second-order valence-corrected chi connectivity index (χ2v) is 7.07. The molecule has 1 aromatic rings. The third-order valence-electron chi connectivity index (χ3n) is 3.00. The van der Waals surface area contributed by atoms with Gasteiger partial charge in [-0.2, -0.15) is 0 Å². The largest absolute Gasteiger partial charge is 0.467 e. The second kappa shape index (κ2) is 14.3. The molecule has 1 aromatic heterocycles. The van der Waals surface area contributed by atoms with Gasteiger partial charge >= 0.3 is 0 Å². The first-order valence-corrected chi connectivity index (χ1v) is 9.82. The fourth-order valence-electron chi connectivity index (χ4n) is 1.76. The Bertz CT molecular complexity index is 564. The molecule has 146 valence electrons. The van der Waals surface area contributed by atoms with E-state index in [9.17, 15) is 8.42 Å². The van der Waals surface area contributed by atoms with Gasteiger partial charge in [0.25, 0.3) is 0 Å². The van der Waals surface area contributed by atoms with Crippen LogP contribution >= 0.6 is 24.0 Å². The lowest BCUT2D eigenvalue weighted by Gasteiger charge is -2.11. The summed E-state index contributed by atoms with van der Waals surface area (Å²) in [4.78, 5) is 4.42. The van der Waals surface area contributed by atoms with Gasteiger partial charge in [0.05, 0.1) is 12.0 Å². The van der Waals surface area contributed by atoms with Crippen molar-refractivity contribution in [3.8, 4) is 0 Å². The summed E-state index contributed by atoms with van der Waals surface area (Å²) in [6, 6.07) is 3.70.